The van der Waals surface area contributed by atoms with Crippen LogP contribution in [0.5, 0.6) is 0 Å². The van der Waals surface area contributed by atoms with Gasteiger partial charge in [0.1, 0.15) is 0 Å². The number of rotatable bonds is 4. The molecule has 0 aliphatic carbocycles. The van der Waals surface area contributed by atoms with E-state index < -0.39 is 11.7 Å². The highest BCUT2D eigenvalue weighted by atomic mass is 19.4. The first-order valence-corrected chi connectivity index (χ1v) is 12.2. The van der Waals surface area contributed by atoms with Gasteiger partial charge in [-0.25, -0.2) is 9.78 Å². The number of urea groups is 1. The fraction of sp³-hybridized carbons (Fsp3) is 0.231. The Morgan fingerprint density at radius 2 is 1.97 bits per heavy atom. The number of anilines is 4. The topological polar surface area (TPSA) is 102 Å². The lowest BCUT2D eigenvalue weighted by Crippen LogP contribution is -2.48. The van der Waals surface area contributed by atoms with Crippen LogP contribution in [0.1, 0.15) is 12.0 Å². The monoisotopic (exact) mass is 522 g/mol. The molecule has 0 saturated carbocycles. The number of carbonyl (C=O) groups excluding carboxylic acids is 1. The minimum atomic E-state index is -4.46. The Kier molecular flexibility index (Phi) is 5.84. The van der Waals surface area contributed by atoms with Crippen molar-refractivity contribution in [1.29, 1.82) is 0 Å². The summed E-state index contributed by atoms with van der Waals surface area (Å²) in [6.45, 7) is 1.79. The van der Waals surface area contributed by atoms with Crippen LogP contribution in [0.3, 0.4) is 0 Å². The normalized spacial score (nSPS) is 18.3. The highest BCUT2D eigenvalue weighted by molar-refractivity contribution is 6.05. The van der Waals surface area contributed by atoms with Crippen LogP contribution >= 0.6 is 0 Å². The summed E-state index contributed by atoms with van der Waals surface area (Å²) < 4.78 is 39.9. The van der Waals surface area contributed by atoms with Crippen LogP contribution < -0.4 is 36.8 Å². The van der Waals surface area contributed by atoms with E-state index in [2.05, 4.69) is 21.2 Å². The number of fused-ring (bicyclic) bond motifs is 4. The van der Waals surface area contributed by atoms with E-state index in [0.29, 0.717) is 35.9 Å². The maximum Gasteiger partial charge on any atom is 0.416 e. The zero-order valence-electron chi connectivity index (χ0n) is 20.2. The smallest absolute Gasteiger partial charge is 0.366 e. The standard InChI is InChI=1S/C26H25F3N8O/c27-26(28,29)17-4-1-3-16(11-17)22-7-8-23-24(32-22)37(21-9-10-35(23)15-21)25(38)31-18-5-2-6-20(12-18)36-14-19(13-30)33-34-36/h1-8,11-12,14,21,33-34H,9-10,13,15,30H2,(H,31,38)/t21-/m0/s1. The molecule has 1 atom stereocenters. The molecule has 3 aliphatic heterocycles. The van der Waals surface area contributed by atoms with Crippen LogP contribution in [0.25, 0.3) is 11.3 Å². The molecule has 6 rings (SSSR count). The van der Waals surface area contributed by atoms with E-state index in [1.165, 1.54) is 6.07 Å². The molecule has 2 aromatic carbocycles. The fourth-order valence-electron chi connectivity index (χ4n) is 5.00. The second-order valence-electron chi connectivity index (χ2n) is 9.32. The molecule has 0 spiro atoms. The molecule has 1 aromatic heterocycles. The van der Waals surface area contributed by atoms with Crippen molar-refractivity contribution in [2.45, 2.75) is 18.6 Å². The number of pyridine rings is 1. The summed E-state index contributed by atoms with van der Waals surface area (Å²) in [6.07, 6.45) is -1.87. The van der Waals surface area contributed by atoms with Crippen molar-refractivity contribution in [2.24, 2.45) is 5.73 Å². The molecule has 4 heterocycles. The van der Waals surface area contributed by atoms with Gasteiger partial charge in [0.15, 0.2) is 5.82 Å². The van der Waals surface area contributed by atoms with Gasteiger partial charge in [0, 0.05) is 37.1 Å². The molecule has 2 bridgehead atoms. The Morgan fingerprint density at radius 1 is 1.13 bits per heavy atom. The summed E-state index contributed by atoms with van der Waals surface area (Å²) in [5.41, 5.74) is 14.6. The molecule has 2 amide bonds. The molecule has 196 valence electrons. The van der Waals surface area contributed by atoms with Crippen LogP contribution in [0.15, 0.2) is 72.6 Å². The van der Waals surface area contributed by atoms with Crippen molar-refractivity contribution >= 4 is 28.9 Å². The number of amides is 2. The van der Waals surface area contributed by atoms with Crippen molar-refractivity contribution in [3.63, 3.8) is 0 Å². The predicted molar refractivity (Wildman–Crippen MR) is 139 cm³/mol. The number of alkyl halides is 3. The van der Waals surface area contributed by atoms with Crippen molar-refractivity contribution in [3.8, 4) is 11.3 Å². The highest BCUT2D eigenvalue weighted by Crippen LogP contribution is 2.41. The molecule has 38 heavy (non-hydrogen) atoms. The molecule has 1 fully saturated rings. The minimum Gasteiger partial charge on any atom is -0.366 e. The molecule has 5 N–H and O–H groups in total. The van der Waals surface area contributed by atoms with E-state index in [9.17, 15) is 18.0 Å². The molecular weight excluding hydrogens is 497 g/mol. The lowest BCUT2D eigenvalue weighted by atomic mass is 10.1. The van der Waals surface area contributed by atoms with Crippen LogP contribution in [-0.2, 0) is 6.18 Å². The Morgan fingerprint density at radius 3 is 2.76 bits per heavy atom. The fourth-order valence-corrected chi connectivity index (χ4v) is 5.00. The number of halogens is 3. The Labute approximate surface area is 216 Å². The Hall–Kier alpha value is -4.29. The van der Waals surface area contributed by atoms with Gasteiger partial charge < -0.3 is 21.4 Å². The number of nitrogens with zero attached hydrogens (tertiary/aromatic N) is 4. The van der Waals surface area contributed by atoms with E-state index >= 15 is 0 Å². The van der Waals surface area contributed by atoms with E-state index in [4.69, 9.17) is 10.7 Å². The number of hydrogen-bond acceptors (Lipinski definition) is 7. The molecule has 3 aromatic rings. The third kappa shape index (κ3) is 4.37. The lowest BCUT2D eigenvalue weighted by Gasteiger charge is -2.36. The summed E-state index contributed by atoms with van der Waals surface area (Å²) in [7, 11) is 0. The molecule has 1 saturated heterocycles. The molecule has 9 nitrogen and oxygen atoms in total. The van der Waals surface area contributed by atoms with E-state index in [-0.39, 0.29) is 12.1 Å². The third-order valence-electron chi connectivity index (χ3n) is 6.87. The lowest BCUT2D eigenvalue weighted by molar-refractivity contribution is -0.137. The van der Waals surface area contributed by atoms with Crippen molar-refractivity contribution < 1.29 is 18.0 Å². The summed E-state index contributed by atoms with van der Waals surface area (Å²) in [5, 5.41) is 4.73. The average Bonchev–Trinajstić information content (AvgIpc) is 3.56. The predicted octanol–water partition coefficient (Wildman–Crippen LogP) is 4.03. The summed E-state index contributed by atoms with van der Waals surface area (Å²) in [6, 6.07) is 15.4. The van der Waals surface area contributed by atoms with Gasteiger partial charge in [-0.05, 0) is 48.9 Å². The summed E-state index contributed by atoms with van der Waals surface area (Å²) in [4.78, 5) is 22.1. The second kappa shape index (κ2) is 9.23. The van der Waals surface area contributed by atoms with E-state index in [0.717, 1.165) is 42.2 Å². The van der Waals surface area contributed by atoms with Crippen molar-refractivity contribution in [2.75, 3.05) is 39.8 Å². The Bertz CT molecular complexity index is 1430. The molecule has 0 unspecified atom stereocenters. The molecule has 0 radical (unpaired) electrons. The van der Waals surface area contributed by atoms with Crippen LogP contribution in [0.4, 0.5) is 40.8 Å². The molecule has 3 aliphatic rings. The zero-order chi connectivity index (χ0) is 26.4. The van der Waals surface area contributed by atoms with Gasteiger partial charge in [-0.15, -0.1) is 5.53 Å². The molecular formula is C26H25F3N8O. The van der Waals surface area contributed by atoms with Crippen LogP contribution in [0.2, 0.25) is 0 Å². The maximum absolute atomic E-state index is 13.6. The van der Waals surface area contributed by atoms with Gasteiger partial charge in [-0.2, -0.15) is 13.2 Å². The number of carbonyl (C=O) groups is 1. The zero-order valence-corrected chi connectivity index (χ0v) is 20.2. The van der Waals surface area contributed by atoms with Crippen molar-refractivity contribution in [1.82, 2.24) is 15.9 Å². The molecule has 12 heteroatoms. The first-order chi connectivity index (χ1) is 18.3. The van der Waals surface area contributed by atoms with E-state index in [1.54, 1.807) is 28.1 Å². The van der Waals surface area contributed by atoms with Gasteiger partial charge in [0.25, 0.3) is 0 Å². The number of aromatic nitrogens is 1. The number of nitrogens with one attached hydrogen (secondary N) is 3. The van der Waals surface area contributed by atoms with Gasteiger partial charge in [0.2, 0.25) is 0 Å². The quantitative estimate of drug-likeness (QED) is 0.411. The van der Waals surface area contributed by atoms with Gasteiger partial charge in [0.05, 0.1) is 34.4 Å². The average molecular weight is 523 g/mol. The number of hydrogen-bond donors (Lipinski definition) is 4. The number of nitrogens with two attached hydrogens (primary N) is 1. The SMILES string of the molecule is NCC1=CN(c2cccc(NC(=O)N3c4nc(-c5cccc(C(F)(F)F)c5)ccc4N4CC[C@H]3C4)c2)NN1. The largest absolute Gasteiger partial charge is 0.416 e. The van der Waals surface area contributed by atoms with Gasteiger partial charge >= 0.3 is 12.2 Å². The summed E-state index contributed by atoms with van der Waals surface area (Å²) >= 11 is 0. The summed E-state index contributed by atoms with van der Waals surface area (Å²) in [5.74, 6) is 0.434. The van der Waals surface area contributed by atoms with Crippen molar-refractivity contribution in [3.05, 3.63) is 78.1 Å². The van der Waals surface area contributed by atoms with Gasteiger partial charge in [-0.3, -0.25) is 9.91 Å². The number of benzene rings is 2. The first kappa shape index (κ1) is 24.1. The number of hydrazine groups is 2. The Balaban J connectivity index is 1.30. The van der Waals surface area contributed by atoms with E-state index in [1.807, 2.05) is 30.5 Å². The van der Waals surface area contributed by atoms with Gasteiger partial charge in [-0.1, -0.05) is 18.2 Å². The first-order valence-electron chi connectivity index (χ1n) is 12.2. The van der Waals surface area contributed by atoms with Crippen LogP contribution in [-0.4, -0.2) is 36.7 Å². The third-order valence-corrected chi connectivity index (χ3v) is 6.87. The minimum absolute atomic E-state index is 0.102. The maximum atomic E-state index is 13.6. The highest BCUT2D eigenvalue weighted by Gasteiger charge is 2.40. The van der Waals surface area contributed by atoms with Crippen LogP contribution in [0, 0.1) is 0 Å². The second-order valence-corrected chi connectivity index (χ2v) is 9.32.